The average Bonchev–Trinajstić information content (AvgIpc) is 3.22. The van der Waals surface area contributed by atoms with E-state index < -0.39 is 6.36 Å². The van der Waals surface area contributed by atoms with E-state index >= 15 is 0 Å². The smallest absolute Gasteiger partial charge is 0.493 e. The number of nitrogens with zero attached hydrogens (tertiary/aromatic N) is 3. The standard InChI is InChI=1S/C43H46F3N3O7/c1-50-37-22-31(23-38(51-2)41(37)54-5)30-9-7-8-28(20-30)26-48-18-15-34(16-19-48)49(33-10-12-35(13-11-33)56-43(44,45)46)27-29-14-17-47-36(21-29)32-24-39(52-3)42(55-6)40(25-32)53-4/h7-14,17,20-25,34H,15-16,18-19,26-27H2,1-6H3. The van der Waals surface area contributed by atoms with Crippen LogP contribution in [0.2, 0.25) is 0 Å². The summed E-state index contributed by atoms with van der Waals surface area (Å²) >= 11 is 0. The van der Waals surface area contributed by atoms with Crippen molar-refractivity contribution < 1.29 is 46.3 Å². The lowest BCUT2D eigenvalue weighted by Crippen LogP contribution is -2.44. The maximum atomic E-state index is 13.0. The highest BCUT2D eigenvalue weighted by Gasteiger charge is 2.31. The molecule has 1 saturated heterocycles. The van der Waals surface area contributed by atoms with E-state index in [1.54, 1.807) is 61.0 Å². The molecule has 0 N–H and O–H groups in total. The molecule has 1 aliphatic heterocycles. The minimum absolute atomic E-state index is 0.115. The highest BCUT2D eigenvalue weighted by atomic mass is 19.4. The molecule has 1 aromatic heterocycles. The lowest BCUT2D eigenvalue weighted by Gasteiger charge is -2.40. The van der Waals surface area contributed by atoms with Gasteiger partial charge in [-0.05, 0) is 102 Å². The molecule has 0 radical (unpaired) electrons. The molecule has 1 fully saturated rings. The molecule has 56 heavy (non-hydrogen) atoms. The van der Waals surface area contributed by atoms with E-state index in [2.05, 4.69) is 43.8 Å². The zero-order valence-electron chi connectivity index (χ0n) is 32.3. The van der Waals surface area contributed by atoms with Gasteiger partial charge in [0.15, 0.2) is 23.0 Å². The molecule has 10 nitrogen and oxygen atoms in total. The van der Waals surface area contributed by atoms with Crippen molar-refractivity contribution in [3.8, 4) is 62.6 Å². The topological polar surface area (TPSA) is 84.0 Å². The minimum Gasteiger partial charge on any atom is -0.493 e. The molecule has 0 saturated carbocycles. The number of likely N-dealkylation sites (tertiary alicyclic amines) is 1. The number of halogens is 3. The molecule has 0 spiro atoms. The Labute approximate surface area is 325 Å². The summed E-state index contributed by atoms with van der Waals surface area (Å²) in [5, 5.41) is 0. The molecule has 0 amide bonds. The van der Waals surface area contributed by atoms with Gasteiger partial charge in [-0.15, -0.1) is 13.2 Å². The lowest BCUT2D eigenvalue weighted by molar-refractivity contribution is -0.274. The van der Waals surface area contributed by atoms with Gasteiger partial charge in [0, 0.05) is 49.7 Å². The van der Waals surface area contributed by atoms with E-state index in [9.17, 15) is 13.2 Å². The molecular weight excluding hydrogens is 727 g/mol. The molecule has 5 aromatic rings. The van der Waals surface area contributed by atoms with Crippen molar-refractivity contribution in [2.75, 3.05) is 60.6 Å². The van der Waals surface area contributed by atoms with Gasteiger partial charge in [0.25, 0.3) is 0 Å². The molecule has 1 aliphatic rings. The molecule has 4 aromatic carbocycles. The highest BCUT2D eigenvalue weighted by molar-refractivity contribution is 5.72. The van der Waals surface area contributed by atoms with Crippen LogP contribution in [-0.4, -0.2) is 78.0 Å². The Kier molecular flexibility index (Phi) is 12.6. The molecule has 2 heterocycles. The fourth-order valence-electron chi connectivity index (χ4n) is 7.17. The van der Waals surface area contributed by atoms with Gasteiger partial charge in [-0.25, -0.2) is 0 Å². The third-order valence-corrected chi connectivity index (χ3v) is 9.87. The van der Waals surface area contributed by atoms with Crippen LogP contribution in [0.15, 0.2) is 91.1 Å². The summed E-state index contributed by atoms with van der Waals surface area (Å²) in [7, 11) is 9.47. The van der Waals surface area contributed by atoms with Gasteiger partial charge in [-0.2, -0.15) is 0 Å². The summed E-state index contributed by atoms with van der Waals surface area (Å²) in [6.07, 6.45) is -1.33. The summed E-state index contributed by atoms with van der Waals surface area (Å²) in [6, 6.07) is 26.2. The van der Waals surface area contributed by atoms with Crippen molar-refractivity contribution >= 4 is 5.69 Å². The first-order valence-corrected chi connectivity index (χ1v) is 18.1. The van der Waals surface area contributed by atoms with Crippen molar-refractivity contribution in [3.63, 3.8) is 0 Å². The Hall–Kier alpha value is -5.82. The van der Waals surface area contributed by atoms with Crippen LogP contribution >= 0.6 is 0 Å². The minimum atomic E-state index is -4.78. The second kappa shape index (κ2) is 17.8. The maximum absolute atomic E-state index is 13.0. The maximum Gasteiger partial charge on any atom is 0.573 e. The fraction of sp³-hybridized carbons (Fsp3) is 0.326. The Morgan fingerprint density at radius 2 is 1.21 bits per heavy atom. The van der Waals surface area contributed by atoms with Gasteiger partial charge in [-0.3, -0.25) is 9.88 Å². The molecular formula is C43H46F3N3O7. The van der Waals surface area contributed by atoms with E-state index in [0.717, 1.165) is 60.4 Å². The predicted octanol–water partition coefficient (Wildman–Crippen LogP) is 9.04. The molecule has 296 valence electrons. The number of aromatic nitrogens is 1. The fourth-order valence-corrected chi connectivity index (χ4v) is 7.17. The normalized spacial score (nSPS) is 13.5. The number of piperidine rings is 1. The quantitative estimate of drug-likeness (QED) is 0.103. The van der Waals surface area contributed by atoms with Gasteiger partial charge in [-0.1, -0.05) is 18.2 Å². The largest absolute Gasteiger partial charge is 0.573 e. The van der Waals surface area contributed by atoms with E-state index in [4.69, 9.17) is 28.4 Å². The van der Waals surface area contributed by atoms with Crippen molar-refractivity contribution in [3.05, 3.63) is 102 Å². The van der Waals surface area contributed by atoms with Crippen LogP contribution in [0.5, 0.6) is 40.2 Å². The van der Waals surface area contributed by atoms with E-state index in [0.29, 0.717) is 46.7 Å². The number of hydrogen-bond acceptors (Lipinski definition) is 10. The number of alkyl halides is 3. The van der Waals surface area contributed by atoms with Crippen LogP contribution in [0.4, 0.5) is 18.9 Å². The van der Waals surface area contributed by atoms with Crippen LogP contribution in [0, 0.1) is 0 Å². The summed E-state index contributed by atoms with van der Waals surface area (Å²) < 4.78 is 76.5. The van der Waals surface area contributed by atoms with Crippen molar-refractivity contribution in [2.24, 2.45) is 0 Å². The third kappa shape index (κ3) is 9.34. The predicted molar refractivity (Wildman–Crippen MR) is 208 cm³/mol. The lowest BCUT2D eigenvalue weighted by atomic mass is 9.99. The summed E-state index contributed by atoms with van der Waals surface area (Å²) in [5.41, 5.74) is 6.41. The number of hydrogen-bond donors (Lipinski definition) is 0. The number of ether oxygens (including phenoxy) is 7. The van der Waals surface area contributed by atoms with Gasteiger partial charge >= 0.3 is 6.36 Å². The Morgan fingerprint density at radius 1 is 0.643 bits per heavy atom. The number of pyridine rings is 1. The molecule has 0 bridgehead atoms. The molecule has 0 atom stereocenters. The summed E-state index contributed by atoms with van der Waals surface area (Å²) in [5.74, 6) is 2.96. The van der Waals surface area contributed by atoms with Gasteiger partial charge in [0.2, 0.25) is 11.5 Å². The molecule has 0 unspecified atom stereocenters. The Bertz CT molecular complexity index is 2040. The number of methoxy groups -OCH3 is 6. The average molecular weight is 774 g/mol. The number of anilines is 1. The van der Waals surface area contributed by atoms with Crippen molar-refractivity contribution in [1.82, 2.24) is 9.88 Å². The van der Waals surface area contributed by atoms with Crippen molar-refractivity contribution in [2.45, 2.75) is 38.3 Å². The van der Waals surface area contributed by atoms with Crippen LogP contribution < -0.4 is 38.1 Å². The molecule has 13 heteroatoms. The third-order valence-electron chi connectivity index (χ3n) is 9.87. The van der Waals surface area contributed by atoms with Gasteiger partial charge < -0.3 is 38.1 Å². The molecule has 0 aliphatic carbocycles. The van der Waals surface area contributed by atoms with Gasteiger partial charge in [0.05, 0.1) is 48.4 Å². The first-order chi connectivity index (χ1) is 27.1. The first kappa shape index (κ1) is 39.9. The van der Waals surface area contributed by atoms with Gasteiger partial charge in [0.1, 0.15) is 5.75 Å². The highest BCUT2D eigenvalue weighted by Crippen LogP contribution is 2.42. The second-order valence-electron chi connectivity index (χ2n) is 13.3. The van der Waals surface area contributed by atoms with E-state index in [1.165, 1.54) is 17.7 Å². The van der Waals surface area contributed by atoms with E-state index in [-0.39, 0.29) is 11.8 Å². The molecule has 6 rings (SSSR count). The van der Waals surface area contributed by atoms with Crippen LogP contribution in [0.1, 0.15) is 24.0 Å². The zero-order valence-corrected chi connectivity index (χ0v) is 32.3. The SMILES string of the molecule is COc1cc(-c2cccc(CN3CCC(N(Cc4ccnc(-c5cc(OC)c(OC)c(OC)c5)c4)c4ccc(OC(F)(F)F)cc4)CC3)c2)cc(OC)c1OC. The van der Waals surface area contributed by atoms with Crippen LogP contribution in [0.25, 0.3) is 22.4 Å². The Morgan fingerprint density at radius 3 is 1.75 bits per heavy atom. The van der Waals surface area contributed by atoms with Crippen LogP contribution in [-0.2, 0) is 13.1 Å². The van der Waals surface area contributed by atoms with Crippen LogP contribution in [0.3, 0.4) is 0 Å². The number of rotatable bonds is 15. The van der Waals surface area contributed by atoms with Crippen molar-refractivity contribution in [1.29, 1.82) is 0 Å². The monoisotopic (exact) mass is 773 g/mol. The first-order valence-electron chi connectivity index (χ1n) is 18.1. The zero-order chi connectivity index (χ0) is 39.8. The summed E-state index contributed by atoms with van der Waals surface area (Å²) in [4.78, 5) is 9.32. The second-order valence-corrected chi connectivity index (χ2v) is 13.3. The number of benzene rings is 4. The Balaban J connectivity index is 1.22. The van der Waals surface area contributed by atoms with E-state index in [1.807, 2.05) is 36.4 Å². The summed E-state index contributed by atoms with van der Waals surface area (Å²) in [6.45, 7) is 2.92.